The molecule has 0 aromatic heterocycles. The lowest BCUT2D eigenvalue weighted by atomic mass is 10.3. The maximum absolute atomic E-state index is 5.56. The van der Waals surface area contributed by atoms with Crippen LogP contribution in [0.4, 0.5) is 0 Å². The minimum atomic E-state index is 0.706. The Labute approximate surface area is 172 Å². The second-order valence-corrected chi connectivity index (χ2v) is 6.84. The second kappa shape index (κ2) is 22.9. The van der Waals surface area contributed by atoms with Gasteiger partial charge < -0.3 is 44.2 Å². The summed E-state index contributed by atoms with van der Waals surface area (Å²) >= 11 is 0. The third kappa shape index (κ3) is 18.9. The maximum atomic E-state index is 5.56. The first-order valence-corrected chi connectivity index (χ1v) is 10.9. The molecule has 1 saturated heterocycles. The molecule has 0 atom stereocenters. The van der Waals surface area contributed by atoms with Crippen LogP contribution in [0.2, 0.25) is 0 Å². The topological polar surface area (TPSA) is 159 Å². The molecule has 0 amide bonds. The van der Waals surface area contributed by atoms with Crippen molar-refractivity contribution in [1.29, 1.82) is 0 Å². The maximum Gasteiger partial charge on any atom is 0.0110 e. The van der Waals surface area contributed by atoms with Crippen LogP contribution in [-0.2, 0) is 0 Å². The Morgan fingerprint density at radius 2 is 1.11 bits per heavy atom. The molecule has 0 aliphatic carbocycles. The van der Waals surface area contributed by atoms with Crippen LogP contribution in [0.5, 0.6) is 0 Å². The molecule has 0 spiro atoms. The number of hydrogen-bond acceptors (Lipinski definition) is 10. The monoisotopic (exact) mass is 404 g/mol. The van der Waals surface area contributed by atoms with Crippen molar-refractivity contribution < 1.29 is 0 Å². The Hall–Kier alpha value is -0.400. The van der Waals surface area contributed by atoms with Gasteiger partial charge in [-0.1, -0.05) is 0 Å². The van der Waals surface area contributed by atoms with E-state index in [1.54, 1.807) is 0 Å². The van der Waals surface area contributed by atoms with Crippen molar-refractivity contribution in [3.63, 3.8) is 0 Å². The molecule has 0 aromatic carbocycles. The third-order valence-electron chi connectivity index (χ3n) is 4.43. The fraction of sp³-hybridized carbons (Fsp3) is 1.00. The smallest absolute Gasteiger partial charge is 0.0110 e. The summed E-state index contributed by atoms with van der Waals surface area (Å²) in [6.07, 6.45) is 0. The first-order chi connectivity index (χ1) is 13.8. The highest BCUT2D eigenvalue weighted by atomic mass is 15.2. The van der Waals surface area contributed by atoms with Crippen LogP contribution >= 0.6 is 0 Å². The van der Waals surface area contributed by atoms with Gasteiger partial charge in [-0.25, -0.2) is 0 Å². The van der Waals surface area contributed by atoms with Crippen molar-refractivity contribution in [1.82, 2.24) is 31.1 Å². The van der Waals surface area contributed by atoms with Crippen LogP contribution in [-0.4, -0.2) is 128 Å². The van der Waals surface area contributed by atoms with Crippen LogP contribution in [0.1, 0.15) is 0 Å². The molecule has 28 heavy (non-hydrogen) atoms. The van der Waals surface area contributed by atoms with E-state index in [0.717, 1.165) is 91.6 Å². The van der Waals surface area contributed by atoms with E-state index in [2.05, 4.69) is 31.1 Å². The number of piperazine rings is 1. The van der Waals surface area contributed by atoms with Crippen LogP contribution in [0, 0.1) is 0 Å². The van der Waals surface area contributed by atoms with E-state index in [1.807, 2.05) is 0 Å². The van der Waals surface area contributed by atoms with Gasteiger partial charge in [0.15, 0.2) is 0 Å². The van der Waals surface area contributed by atoms with Crippen LogP contribution in [0.25, 0.3) is 0 Å². The number of hydrogen-bond donors (Lipinski definition) is 8. The Morgan fingerprint density at radius 3 is 1.54 bits per heavy atom. The van der Waals surface area contributed by atoms with Crippen molar-refractivity contribution in [3.8, 4) is 0 Å². The number of nitrogens with zero attached hydrogens (tertiary/aromatic N) is 2. The molecule has 0 radical (unpaired) electrons. The van der Waals surface area contributed by atoms with Gasteiger partial charge in [0, 0.05) is 118 Å². The molecule has 1 aliphatic heterocycles. The fourth-order valence-electron chi connectivity index (χ4n) is 2.85. The van der Waals surface area contributed by atoms with Gasteiger partial charge in [0.25, 0.3) is 0 Å². The van der Waals surface area contributed by atoms with Gasteiger partial charge in [-0.3, -0.25) is 9.80 Å². The van der Waals surface area contributed by atoms with E-state index >= 15 is 0 Å². The summed E-state index contributed by atoms with van der Waals surface area (Å²) in [5.74, 6) is 0. The van der Waals surface area contributed by atoms with E-state index in [1.165, 1.54) is 13.1 Å². The molecule has 1 rings (SSSR count). The molecule has 10 heteroatoms. The minimum absolute atomic E-state index is 0.706. The SMILES string of the molecule is NCCN(CCN)CCN1CCNCC1.NCCNCCNCCNCCN. The molecule has 12 N–H and O–H groups in total. The summed E-state index contributed by atoms with van der Waals surface area (Å²) in [5, 5.41) is 13.1. The summed E-state index contributed by atoms with van der Waals surface area (Å²) in [6.45, 7) is 17.3. The molecule has 1 heterocycles. The van der Waals surface area contributed by atoms with E-state index in [9.17, 15) is 0 Å². The average molecular weight is 405 g/mol. The lowest BCUT2D eigenvalue weighted by Crippen LogP contribution is -2.47. The normalized spacial score (nSPS) is 14.9. The van der Waals surface area contributed by atoms with Crippen LogP contribution in [0.15, 0.2) is 0 Å². The van der Waals surface area contributed by atoms with Gasteiger partial charge in [0.2, 0.25) is 0 Å². The molecule has 0 bridgehead atoms. The molecule has 10 nitrogen and oxygen atoms in total. The zero-order valence-electron chi connectivity index (χ0n) is 17.9. The molecule has 1 aliphatic rings. The highest BCUT2D eigenvalue weighted by Gasteiger charge is 2.10. The Kier molecular flexibility index (Phi) is 22.6. The van der Waals surface area contributed by atoms with Gasteiger partial charge in [-0.2, -0.15) is 0 Å². The van der Waals surface area contributed by atoms with Crippen molar-refractivity contribution in [2.75, 3.05) is 118 Å². The standard InChI is InChI=1S/C10H25N5.C8H23N5/c11-1-5-14(6-2-12)9-10-15-7-3-13-4-8-15;9-1-3-11-5-7-13-8-6-12-4-2-10/h13H,1-12H2;11-13H,1-10H2. The molecule has 0 aromatic rings. The first-order valence-electron chi connectivity index (χ1n) is 10.9. The quantitative estimate of drug-likeness (QED) is 0.112. The number of rotatable bonds is 17. The van der Waals surface area contributed by atoms with Crippen molar-refractivity contribution in [2.24, 2.45) is 22.9 Å². The summed E-state index contributed by atoms with van der Waals surface area (Å²) in [6, 6.07) is 0. The van der Waals surface area contributed by atoms with E-state index in [-0.39, 0.29) is 0 Å². The van der Waals surface area contributed by atoms with Crippen molar-refractivity contribution >= 4 is 0 Å². The van der Waals surface area contributed by atoms with Crippen molar-refractivity contribution in [3.05, 3.63) is 0 Å². The number of nitrogens with one attached hydrogen (secondary N) is 4. The summed E-state index contributed by atoms with van der Waals surface area (Å²) in [4.78, 5) is 4.85. The van der Waals surface area contributed by atoms with E-state index in [4.69, 9.17) is 22.9 Å². The van der Waals surface area contributed by atoms with Crippen molar-refractivity contribution in [2.45, 2.75) is 0 Å². The first kappa shape index (κ1) is 27.6. The largest absolute Gasteiger partial charge is 0.329 e. The predicted octanol–water partition coefficient (Wildman–Crippen LogP) is -4.22. The minimum Gasteiger partial charge on any atom is -0.329 e. The molecule has 170 valence electrons. The molecule has 0 unspecified atom stereocenters. The second-order valence-electron chi connectivity index (χ2n) is 6.84. The zero-order valence-corrected chi connectivity index (χ0v) is 17.9. The predicted molar refractivity (Wildman–Crippen MR) is 121 cm³/mol. The Balaban J connectivity index is 0.000000528. The van der Waals surface area contributed by atoms with Gasteiger partial charge in [-0.05, 0) is 0 Å². The van der Waals surface area contributed by atoms with Gasteiger partial charge in [-0.15, -0.1) is 0 Å². The Morgan fingerprint density at radius 1 is 0.643 bits per heavy atom. The molecule has 0 saturated carbocycles. The molecular weight excluding hydrogens is 356 g/mol. The van der Waals surface area contributed by atoms with Crippen LogP contribution in [0.3, 0.4) is 0 Å². The lowest BCUT2D eigenvalue weighted by Gasteiger charge is -2.30. The summed E-state index contributed by atoms with van der Waals surface area (Å²) in [5.41, 5.74) is 21.8. The molecular formula is C18H48N10. The highest BCUT2D eigenvalue weighted by Crippen LogP contribution is 1.94. The van der Waals surface area contributed by atoms with Gasteiger partial charge in [0.1, 0.15) is 0 Å². The summed E-state index contributed by atoms with van der Waals surface area (Å²) in [7, 11) is 0. The fourth-order valence-corrected chi connectivity index (χ4v) is 2.85. The Bertz CT molecular complexity index is 274. The van der Waals surface area contributed by atoms with Gasteiger partial charge in [0.05, 0.1) is 0 Å². The van der Waals surface area contributed by atoms with E-state index in [0.29, 0.717) is 13.1 Å². The average Bonchev–Trinajstić information content (AvgIpc) is 2.72. The summed E-state index contributed by atoms with van der Waals surface area (Å²) < 4.78 is 0. The molecule has 1 fully saturated rings. The lowest BCUT2D eigenvalue weighted by molar-refractivity contribution is 0.193. The van der Waals surface area contributed by atoms with Gasteiger partial charge >= 0.3 is 0 Å². The van der Waals surface area contributed by atoms with E-state index < -0.39 is 0 Å². The highest BCUT2D eigenvalue weighted by molar-refractivity contribution is 4.70. The third-order valence-corrected chi connectivity index (χ3v) is 4.43. The number of nitrogens with two attached hydrogens (primary N) is 4. The zero-order chi connectivity index (χ0) is 20.7. The van der Waals surface area contributed by atoms with Crippen LogP contribution < -0.4 is 44.2 Å².